The van der Waals surface area contributed by atoms with Crippen LogP contribution >= 0.6 is 0 Å². The summed E-state index contributed by atoms with van der Waals surface area (Å²) in [6.45, 7) is 6.61. The number of allylic oxidation sites excluding steroid dienone is 1. The lowest BCUT2D eigenvalue weighted by atomic mass is 9.77. The fourth-order valence-corrected chi connectivity index (χ4v) is 3.96. The Morgan fingerprint density at radius 3 is 1.88 bits per heavy atom. The molecule has 2 aromatic rings. The summed E-state index contributed by atoms with van der Waals surface area (Å²) >= 11 is 0. The molecule has 1 aliphatic carbocycles. The van der Waals surface area contributed by atoms with Crippen LogP contribution in [-0.4, -0.2) is 0 Å². The third kappa shape index (κ3) is 4.17. The average Bonchev–Trinajstić information content (AvgIpc) is 2.62. The Hall–Kier alpha value is -1.82. The van der Waals surface area contributed by atoms with Crippen LogP contribution in [0.5, 0.6) is 0 Å². The summed E-state index contributed by atoms with van der Waals surface area (Å²) in [5, 5.41) is 0. The van der Waals surface area contributed by atoms with Crippen molar-refractivity contribution in [2.24, 2.45) is 5.92 Å². The van der Waals surface area contributed by atoms with E-state index in [1.54, 1.807) is 0 Å². The Kier molecular flexibility index (Phi) is 5.56. The molecule has 0 spiro atoms. The first-order chi connectivity index (χ1) is 11.7. The van der Waals surface area contributed by atoms with Gasteiger partial charge in [-0.05, 0) is 73.6 Å². The number of benzene rings is 2. The topological polar surface area (TPSA) is 0 Å². The average molecular weight is 319 g/mol. The van der Waals surface area contributed by atoms with Crippen molar-refractivity contribution in [3.63, 3.8) is 0 Å². The van der Waals surface area contributed by atoms with Gasteiger partial charge in [-0.1, -0.05) is 73.5 Å². The molecule has 2 aromatic carbocycles. The van der Waals surface area contributed by atoms with Gasteiger partial charge in [0.25, 0.3) is 0 Å². The molecule has 24 heavy (non-hydrogen) atoms. The largest absolute Gasteiger partial charge is 0.0758 e. The molecule has 126 valence electrons. The van der Waals surface area contributed by atoms with Crippen molar-refractivity contribution in [2.75, 3.05) is 0 Å². The van der Waals surface area contributed by atoms with E-state index < -0.39 is 0 Å². The Morgan fingerprint density at radius 2 is 1.38 bits per heavy atom. The highest BCUT2D eigenvalue weighted by Gasteiger charge is 2.21. The second-order valence-electron chi connectivity index (χ2n) is 7.59. The predicted octanol–water partition coefficient (Wildman–Crippen LogP) is 7.46. The van der Waals surface area contributed by atoms with Gasteiger partial charge in [-0.25, -0.2) is 0 Å². The zero-order chi connectivity index (χ0) is 16.9. The van der Waals surface area contributed by atoms with Gasteiger partial charge in [-0.15, -0.1) is 0 Å². The van der Waals surface area contributed by atoms with Gasteiger partial charge >= 0.3 is 0 Å². The maximum absolute atomic E-state index is 2.36. The molecule has 3 rings (SSSR count). The summed E-state index contributed by atoms with van der Waals surface area (Å²) in [6.07, 6.45) is 9.14. The third-order valence-electron chi connectivity index (χ3n) is 5.51. The van der Waals surface area contributed by atoms with E-state index >= 15 is 0 Å². The van der Waals surface area contributed by atoms with E-state index in [4.69, 9.17) is 0 Å². The molecule has 0 heterocycles. The lowest BCUT2D eigenvalue weighted by molar-refractivity contribution is 0.319. The van der Waals surface area contributed by atoms with Crippen LogP contribution in [0.25, 0.3) is 17.2 Å². The zero-order valence-corrected chi connectivity index (χ0v) is 15.4. The number of hydrogen-bond acceptors (Lipinski definition) is 0. The quantitative estimate of drug-likeness (QED) is 0.548. The number of hydrogen-bond donors (Lipinski definition) is 0. The Morgan fingerprint density at radius 1 is 0.833 bits per heavy atom. The van der Waals surface area contributed by atoms with E-state index in [1.807, 2.05) is 0 Å². The van der Waals surface area contributed by atoms with Crippen molar-refractivity contribution in [3.8, 4) is 11.1 Å². The van der Waals surface area contributed by atoms with Gasteiger partial charge in [0, 0.05) is 0 Å². The Bertz CT molecular complexity index is 661. The molecule has 0 amide bonds. The van der Waals surface area contributed by atoms with E-state index in [1.165, 1.54) is 59.9 Å². The maximum Gasteiger partial charge on any atom is -0.0162 e. The van der Waals surface area contributed by atoms with E-state index in [2.05, 4.69) is 75.4 Å². The summed E-state index contributed by atoms with van der Waals surface area (Å²) in [4.78, 5) is 0. The molecule has 1 aliphatic rings. The lowest BCUT2D eigenvalue weighted by Crippen LogP contribution is -2.12. The first kappa shape index (κ1) is 17.0. The van der Waals surface area contributed by atoms with Crippen molar-refractivity contribution in [1.82, 2.24) is 0 Å². The zero-order valence-electron chi connectivity index (χ0n) is 15.4. The summed E-state index contributed by atoms with van der Waals surface area (Å²) < 4.78 is 0. The van der Waals surface area contributed by atoms with Crippen molar-refractivity contribution < 1.29 is 0 Å². The maximum atomic E-state index is 2.36. The highest BCUT2D eigenvalue weighted by molar-refractivity contribution is 5.66. The first-order valence-corrected chi connectivity index (χ1v) is 9.51. The summed E-state index contributed by atoms with van der Waals surface area (Å²) in [5.74, 6) is 1.75. The summed E-state index contributed by atoms with van der Waals surface area (Å²) in [5.41, 5.74) is 6.79. The molecule has 0 bridgehead atoms. The van der Waals surface area contributed by atoms with Crippen LogP contribution in [0.2, 0.25) is 0 Å². The smallest absolute Gasteiger partial charge is 0.0162 e. The van der Waals surface area contributed by atoms with Gasteiger partial charge in [-0.2, -0.15) is 0 Å². The molecule has 0 heteroatoms. The standard InChI is InChI=1S/C24H30/c1-4-19-5-9-21(10-6-19)23-13-15-24(16-14-23)22-11-7-20(8-12-22)17-18(2)3/h7-8,11-17,19,21H,4-6,9-10H2,1-3H3. The fourth-order valence-electron chi connectivity index (χ4n) is 3.96. The van der Waals surface area contributed by atoms with Gasteiger partial charge in [-0.3, -0.25) is 0 Å². The van der Waals surface area contributed by atoms with Gasteiger partial charge in [0.15, 0.2) is 0 Å². The van der Waals surface area contributed by atoms with Crippen LogP contribution in [-0.2, 0) is 0 Å². The Balaban J connectivity index is 1.69. The third-order valence-corrected chi connectivity index (χ3v) is 5.51. The van der Waals surface area contributed by atoms with Gasteiger partial charge in [0.2, 0.25) is 0 Å². The molecule has 0 saturated heterocycles. The van der Waals surface area contributed by atoms with Crippen molar-refractivity contribution >= 4 is 6.08 Å². The second kappa shape index (κ2) is 7.83. The minimum atomic E-state index is 0.780. The molecule has 0 nitrogen and oxygen atoms in total. The van der Waals surface area contributed by atoms with Crippen LogP contribution in [0.15, 0.2) is 54.1 Å². The molecular weight excluding hydrogens is 288 g/mol. The fraction of sp³-hybridized carbons (Fsp3) is 0.417. The van der Waals surface area contributed by atoms with Crippen LogP contribution in [0.3, 0.4) is 0 Å². The molecule has 0 aliphatic heterocycles. The normalized spacial score (nSPS) is 20.6. The summed E-state index contributed by atoms with van der Waals surface area (Å²) in [6, 6.07) is 18.2. The van der Waals surface area contributed by atoms with Gasteiger partial charge < -0.3 is 0 Å². The van der Waals surface area contributed by atoms with Crippen LogP contribution in [0.1, 0.15) is 69.9 Å². The van der Waals surface area contributed by atoms with Crippen LogP contribution < -0.4 is 0 Å². The highest BCUT2D eigenvalue weighted by atomic mass is 14.3. The van der Waals surface area contributed by atoms with Crippen molar-refractivity contribution in [3.05, 3.63) is 65.2 Å². The molecular formula is C24H30. The van der Waals surface area contributed by atoms with Crippen LogP contribution in [0, 0.1) is 5.92 Å². The second-order valence-corrected chi connectivity index (χ2v) is 7.59. The van der Waals surface area contributed by atoms with E-state index in [9.17, 15) is 0 Å². The summed E-state index contributed by atoms with van der Waals surface area (Å²) in [7, 11) is 0. The van der Waals surface area contributed by atoms with Gasteiger partial charge in [0.05, 0.1) is 0 Å². The lowest BCUT2D eigenvalue weighted by Gasteiger charge is -2.28. The minimum Gasteiger partial charge on any atom is -0.0758 e. The first-order valence-electron chi connectivity index (χ1n) is 9.51. The molecule has 0 N–H and O–H groups in total. The monoisotopic (exact) mass is 318 g/mol. The molecule has 1 fully saturated rings. The molecule has 0 atom stereocenters. The van der Waals surface area contributed by atoms with E-state index in [-0.39, 0.29) is 0 Å². The molecule has 1 saturated carbocycles. The number of rotatable bonds is 4. The van der Waals surface area contributed by atoms with E-state index in [0.717, 1.165) is 11.8 Å². The molecule has 0 aromatic heterocycles. The molecule has 0 unspecified atom stereocenters. The highest BCUT2D eigenvalue weighted by Crippen LogP contribution is 2.37. The minimum absolute atomic E-state index is 0.780. The van der Waals surface area contributed by atoms with E-state index in [0.29, 0.717) is 0 Å². The molecule has 0 radical (unpaired) electrons. The SMILES string of the molecule is CCC1CCC(c2ccc(-c3ccc(C=C(C)C)cc3)cc2)CC1. The van der Waals surface area contributed by atoms with Crippen molar-refractivity contribution in [2.45, 2.75) is 58.8 Å². The van der Waals surface area contributed by atoms with Gasteiger partial charge in [0.1, 0.15) is 0 Å². The Labute approximate surface area is 147 Å². The predicted molar refractivity (Wildman–Crippen MR) is 106 cm³/mol. The van der Waals surface area contributed by atoms with Crippen molar-refractivity contribution in [1.29, 1.82) is 0 Å². The van der Waals surface area contributed by atoms with Crippen LogP contribution in [0.4, 0.5) is 0 Å².